The lowest BCUT2D eigenvalue weighted by molar-refractivity contribution is -0.132. The molecule has 1 fully saturated rings. The summed E-state index contributed by atoms with van der Waals surface area (Å²) in [6.07, 6.45) is 6.89. The standard InChI is InChI=1S/C16H19N3O2S/c20-13-4-6-14(7-5-13)22-11-16(21)19-8-2-1-3-15(19)12-9-17-18-10-12/h4-7,9-10,15,20H,1-3,8,11H2,(H,17,18)/t15-/m0/s1. The van der Waals surface area contributed by atoms with E-state index in [0.29, 0.717) is 5.75 Å². The van der Waals surface area contributed by atoms with E-state index in [0.717, 1.165) is 36.3 Å². The Morgan fingerprint density at radius 3 is 2.91 bits per heavy atom. The first-order valence-corrected chi connectivity index (χ1v) is 8.42. The summed E-state index contributed by atoms with van der Waals surface area (Å²) in [5.41, 5.74) is 1.09. The fraction of sp³-hybridized carbons (Fsp3) is 0.375. The van der Waals surface area contributed by atoms with E-state index in [9.17, 15) is 9.90 Å². The lowest BCUT2D eigenvalue weighted by Gasteiger charge is -2.35. The third-order valence-electron chi connectivity index (χ3n) is 3.93. The van der Waals surface area contributed by atoms with Crippen molar-refractivity contribution in [1.82, 2.24) is 15.1 Å². The van der Waals surface area contributed by atoms with E-state index in [-0.39, 0.29) is 17.7 Å². The summed E-state index contributed by atoms with van der Waals surface area (Å²) in [5, 5.41) is 16.1. The Morgan fingerprint density at radius 1 is 1.36 bits per heavy atom. The Bertz CT molecular complexity index is 613. The van der Waals surface area contributed by atoms with Gasteiger partial charge in [-0.2, -0.15) is 5.10 Å². The molecule has 1 saturated heterocycles. The van der Waals surface area contributed by atoms with Gasteiger partial charge in [-0.15, -0.1) is 11.8 Å². The molecule has 0 unspecified atom stereocenters. The molecule has 2 aromatic rings. The van der Waals surface area contributed by atoms with E-state index >= 15 is 0 Å². The molecule has 0 spiro atoms. The molecule has 2 heterocycles. The zero-order valence-corrected chi connectivity index (χ0v) is 13.1. The van der Waals surface area contributed by atoms with Crippen molar-refractivity contribution in [2.45, 2.75) is 30.2 Å². The highest BCUT2D eigenvalue weighted by Gasteiger charge is 2.28. The number of amides is 1. The van der Waals surface area contributed by atoms with Crippen LogP contribution in [0.2, 0.25) is 0 Å². The van der Waals surface area contributed by atoms with Crippen LogP contribution < -0.4 is 0 Å². The topological polar surface area (TPSA) is 69.2 Å². The number of nitrogens with zero attached hydrogens (tertiary/aromatic N) is 2. The summed E-state index contributed by atoms with van der Waals surface area (Å²) >= 11 is 1.50. The average Bonchev–Trinajstić information content (AvgIpc) is 3.08. The summed E-state index contributed by atoms with van der Waals surface area (Å²) in [6.45, 7) is 0.810. The Morgan fingerprint density at radius 2 is 2.18 bits per heavy atom. The molecule has 1 atom stereocenters. The number of phenolic OH excluding ortho intramolecular Hbond substituents is 1. The van der Waals surface area contributed by atoms with Crippen LogP contribution in [0.3, 0.4) is 0 Å². The number of aromatic nitrogens is 2. The van der Waals surface area contributed by atoms with Crippen molar-refractivity contribution < 1.29 is 9.90 Å². The van der Waals surface area contributed by atoms with Crippen LogP contribution in [0.5, 0.6) is 5.75 Å². The fourth-order valence-electron chi connectivity index (χ4n) is 2.79. The second-order valence-electron chi connectivity index (χ2n) is 5.41. The van der Waals surface area contributed by atoms with E-state index in [1.165, 1.54) is 11.8 Å². The predicted octanol–water partition coefficient (Wildman–Crippen LogP) is 2.96. The van der Waals surface area contributed by atoms with E-state index in [2.05, 4.69) is 10.2 Å². The SMILES string of the molecule is O=C(CSc1ccc(O)cc1)N1CCCC[C@H]1c1cn[nH]c1. The van der Waals surface area contributed by atoms with Crippen molar-refractivity contribution in [1.29, 1.82) is 0 Å². The van der Waals surface area contributed by atoms with Gasteiger partial charge in [0.2, 0.25) is 5.91 Å². The van der Waals surface area contributed by atoms with E-state index in [1.54, 1.807) is 12.1 Å². The maximum absolute atomic E-state index is 12.6. The number of hydrogen-bond donors (Lipinski definition) is 2. The summed E-state index contributed by atoms with van der Waals surface area (Å²) in [4.78, 5) is 15.5. The minimum Gasteiger partial charge on any atom is -0.508 e. The third kappa shape index (κ3) is 3.44. The van der Waals surface area contributed by atoms with Crippen LogP contribution in [0.1, 0.15) is 30.9 Å². The first kappa shape index (κ1) is 15.0. The molecule has 5 nitrogen and oxygen atoms in total. The molecular formula is C16H19N3O2S. The maximum Gasteiger partial charge on any atom is 0.233 e. The molecule has 1 amide bonds. The number of phenols is 1. The number of carbonyl (C=O) groups is 1. The molecule has 6 heteroatoms. The third-order valence-corrected chi connectivity index (χ3v) is 4.92. The summed E-state index contributed by atoms with van der Waals surface area (Å²) in [5.74, 6) is 0.815. The van der Waals surface area contributed by atoms with Crippen molar-refractivity contribution in [3.63, 3.8) is 0 Å². The number of carbonyl (C=O) groups excluding carboxylic acids is 1. The number of hydrogen-bond acceptors (Lipinski definition) is 4. The molecule has 1 aromatic carbocycles. The molecule has 1 aliphatic heterocycles. The molecule has 0 radical (unpaired) electrons. The van der Waals surface area contributed by atoms with Crippen LogP contribution in [0, 0.1) is 0 Å². The molecule has 3 rings (SSSR count). The summed E-state index contributed by atoms with van der Waals surface area (Å²) < 4.78 is 0. The van der Waals surface area contributed by atoms with Gasteiger partial charge >= 0.3 is 0 Å². The van der Waals surface area contributed by atoms with Crippen LogP contribution >= 0.6 is 11.8 Å². The second-order valence-corrected chi connectivity index (χ2v) is 6.46. The van der Waals surface area contributed by atoms with Crippen molar-refractivity contribution in [3.05, 3.63) is 42.2 Å². The van der Waals surface area contributed by atoms with Gasteiger partial charge in [0.05, 0.1) is 18.0 Å². The minimum atomic E-state index is 0.139. The van der Waals surface area contributed by atoms with E-state index in [4.69, 9.17) is 0 Å². The Kier molecular flexibility index (Phi) is 4.68. The van der Waals surface area contributed by atoms with Crippen LogP contribution in [0.25, 0.3) is 0 Å². The smallest absolute Gasteiger partial charge is 0.233 e. The first-order chi connectivity index (χ1) is 10.7. The Labute approximate surface area is 133 Å². The van der Waals surface area contributed by atoms with Crippen LogP contribution in [0.15, 0.2) is 41.6 Å². The molecule has 22 heavy (non-hydrogen) atoms. The molecule has 0 saturated carbocycles. The van der Waals surface area contributed by atoms with Gasteiger partial charge in [0, 0.05) is 23.2 Å². The first-order valence-electron chi connectivity index (χ1n) is 7.44. The monoisotopic (exact) mass is 317 g/mol. The number of likely N-dealkylation sites (tertiary alicyclic amines) is 1. The predicted molar refractivity (Wildman–Crippen MR) is 85.7 cm³/mol. The van der Waals surface area contributed by atoms with Crippen molar-refractivity contribution >= 4 is 17.7 Å². The molecule has 0 bridgehead atoms. The molecular weight excluding hydrogens is 298 g/mol. The van der Waals surface area contributed by atoms with Crippen LogP contribution in [-0.2, 0) is 4.79 Å². The second kappa shape index (κ2) is 6.87. The number of nitrogens with one attached hydrogen (secondary N) is 1. The van der Waals surface area contributed by atoms with E-state index in [1.807, 2.05) is 29.4 Å². The number of aromatic amines is 1. The van der Waals surface area contributed by atoms with Crippen molar-refractivity contribution in [3.8, 4) is 5.75 Å². The lowest BCUT2D eigenvalue weighted by atomic mass is 9.97. The molecule has 1 aliphatic rings. The summed E-state index contributed by atoms with van der Waals surface area (Å²) in [6, 6.07) is 7.08. The highest BCUT2D eigenvalue weighted by atomic mass is 32.2. The molecule has 0 aliphatic carbocycles. The van der Waals surface area contributed by atoms with E-state index < -0.39 is 0 Å². The average molecular weight is 317 g/mol. The molecule has 116 valence electrons. The number of thioether (sulfide) groups is 1. The number of benzene rings is 1. The van der Waals surface area contributed by atoms with Gasteiger partial charge in [-0.05, 0) is 43.5 Å². The quantitative estimate of drug-likeness (QED) is 0.851. The van der Waals surface area contributed by atoms with Crippen LogP contribution in [-0.4, -0.2) is 38.4 Å². The van der Waals surface area contributed by atoms with Crippen LogP contribution in [0.4, 0.5) is 0 Å². The number of piperidine rings is 1. The zero-order chi connectivity index (χ0) is 15.4. The van der Waals surface area contributed by atoms with Crippen molar-refractivity contribution in [2.75, 3.05) is 12.3 Å². The van der Waals surface area contributed by atoms with Crippen molar-refractivity contribution in [2.24, 2.45) is 0 Å². The number of H-pyrrole nitrogens is 1. The highest BCUT2D eigenvalue weighted by molar-refractivity contribution is 8.00. The largest absolute Gasteiger partial charge is 0.508 e. The Balaban J connectivity index is 1.63. The number of rotatable bonds is 4. The normalized spacial score (nSPS) is 18.4. The molecule has 2 N–H and O–H groups in total. The number of aromatic hydroxyl groups is 1. The minimum absolute atomic E-state index is 0.139. The van der Waals surface area contributed by atoms with Gasteiger partial charge in [0.15, 0.2) is 0 Å². The Hall–Kier alpha value is -1.95. The van der Waals surface area contributed by atoms with Gasteiger partial charge in [-0.25, -0.2) is 0 Å². The zero-order valence-electron chi connectivity index (χ0n) is 12.2. The van der Waals surface area contributed by atoms with Gasteiger partial charge in [0.1, 0.15) is 5.75 Å². The van der Waals surface area contributed by atoms with Gasteiger partial charge < -0.3 is 10.0 Å². The van der Waals surface area contributed by atoms with Gasteiger partial charge in [0.25, 0.3) is 0 Å². The maximum atomic E-state index is 12.6. The highest BCUT2D eigenvalue weighted by Crippen LogP contribution is 2.31. The summed E-state index contributed by atoms with van der Waals surface area (Å²) in [7, 11) is 0. The lowest BCUT2D eigenvalue weighted by Crippen LogP contribution is -2.39. The fourth-order valence-corrected chi connectivity index (χ4v) is 3.57. The van der Waals surface area contributed by atoms with Gasteiger partial charge in [-0.1, -0.05) is 0 Å². The molecule has 1 aromatic heterocycles. The van der Waals surface area contributed by atoms with Gasteiger partial charge in [-0.3, -0.25) is 9.89 Å².